The molecule has 1 saturated carbocycles. The molecule has 2 atom stereocenters. The van der Waals surface area contributed by atoms with Crippen molar-refractivity contribution in [2.75, 3.05) is 11.9 Å². The van der Waals surface area contributed by atoms with Gasteiger partial charge in [-0.2, -0.15) is 5.10 Å². The van der Waals surface area contributed by atoms with E-state index in [1.165, 1.54) is 24.8 Å². The van der Waals surface area contributed by atoms with Crippen LogP contribution in [0, 0.1) is 5.92 Å². The zero-order valence-corrected chi connectivity index (χ0v) is 13.4. The van der Waals surface area contributed by atoms with E-state index in [1.807, 2.05) is 24.2 Å². The first-order valence-corrected chi connectivity index (χ1v) is 8.33. The Balaban J connectivity index is 1.62. The normalized spacial score (nSPS) is 26.3. The monoisotopic (exact) mass is 310 g/mol. The predicted molar refractivity (Wildman–Crippen MR) is 89.0 cm³/mol. The van der Waals surface area contributed by atoms with Gasteiger partial charge in [-0.3, -0.25) is 4.68 Å². The summed E-state index contributed by atoms with van der Waals surface area (Å²) in [7, 11) is 1.85. The summed E-state index contributed by atoms with van der Waals surface area (Å²) in [4.78, 5) is 14.8. The lowest BCUT2D eigenvalue weighted by Gasteiger charge is -2.61. The minimum Gasteiger partial charge on any atom is -0.314 e. The van der Waals surface area contributed by atoms with Crippen molar-refractivity contribution >= 4 is 11.7 Å². The van der Waals surface area contributed by atoms with Gasteiger partial charge >= 0.3 is 6.03 Å². The van der Waals surface area contributed by atoms with Crippen molar-refractivity contribution in [1.82, 2.24) is 14.7 Å². The maximum atomic E-state index is 12.8. The number of hydrogen-bond acceptors (Lipinski definition) is 2. The zero-order chi connectivity index (χ0) is 15.9. The van der Waals surface area contributed by atoms with Crippen molar-refractivity contribution in [3.8, 4) is 0 Å². The summed E-state index contributed by atoms with van der Waals surface area (Å²) < 4.78 is 1.70. The summed E-state index contributed by atoms with van der Waals surface area (Å²) >= 11 is 0. The Hall–Kier alpha value is -2.30. The van der Waals surface area contributed by atoms with Gasteiger partial charge in [0, 0.05) is 25.7 Å². The highest BCUT2D eigenvalue weighted by Crippen LogP contribution is 2.53. The third-order valence-corrected chi connectivity index (χ3v) is 5.40. The molecule has 1 aromatic carbocycles. The molecule has 2 aliphatic rings. The zero-order valence-electron chi connectivity index (χ0n) is 13.4. The van der Waals surface area contributed by atoms with Crippen LogP contribution in [-0.4, -0.2) is 27.3 Å². The summed E-state index contributed by atoms with van der Waals surface area (Å²) in [5, 5.41) is 7.11. The Kier molecular flexibility index (Phi) is 3.36. The number of nitrogens with zero attached hydrogens (tertiary/aromatic N) is 3. The maximum Gasteiger partial charge on any atom is 0.322 e. The van der Waals surface area contributed by atoms with Crippen LogP contribution < -0.4 is 5.32 Å². The lowest BCUT2D eigenvalue weighted by molar-refractivity contribution is -0.0756. The van der Waals surface area contributed by atoms with Crippen LogP contribution in [0.15, 0.2) is 42.7 Å². The number of aryl methyl sites for hydroxylation is 1. The SMILES string of the molecule is Cn1cc(NC(=O)N2C[C@H]3CCCC[C@@]32c2ccccc2)cn1. The van der Waals surface area contributed by atoms with Crippen LogP contribution in [0.2, 0.25) is 0 Å². The fraction of sp³-hybridized carbons (Fsp3) is 0.444. The van der Waals surface area contributed by atoms with E-state index in [4.69, 9.17) is 0 Å². The Labute approximate surface area is 136 Å². The van der Waals surface area contributed by atoms with Gasteiger partial charge in [0.05, 0.1) is 17.4 Å². The van der Waals surface area contributed by atoms with E-state index < -0.39 is 0 Å². The van der Waals surface area contributed by atoms with E-state index in [2.05, 4.69) is 34.7 Å². The Bertz CT molecular complexity index is 711. The van der Waals surface area contributed by atoms with Gasteiger partial charge in [-0.05, 0) is 18.4 Å². The number of nitrogens with one attached hydrogen (secondary N) is 1. The summed E-state index contributed by atoms with van der Waals surface area (Å²) in [5.41, 5.74) is 1.91. The molecule has 1 N–H and O–H groups in total. The van der Waals surface area contributed by atoms with Crippen LogP contribution in [0.5, 0.6) is 0 Å². The molecule has 1 aliphatic carbocycles. The summed E-state index contributed by atoms with van der Waals surface area (Å²) in [6.07, 6.45) is 8.24. The third kappa shape index (κ3) is 2.22. The summed E-state index contributed by atoms with van der Waals surface area (Å²) in [6, 6.07) is 10.5. The van der Waals surface area contributed by atoms with Crippen molar-refractivity contribution in [2.24, 2.45) is 13.0 Å². The van der Waals surface area contributed by atoms with Gasteiger partial charge in [0.25, 0.3) is 0 Å². The Morgan fingerprint density at radius 3 is 2.83 bits per heavy atom. The second kappa shape index (κ2) is 5.41. The van der Waals surface area contributed by atoms with Crippen LogP contribution in [0.25, 0.3) is 0 Å². The van der Waals surface area contributed by atoms with E-state index in [0.717, 1.165) is 18.7 Å². The largest absolute Gasteiger partial charge is 0.322 e. The molecule has 2 heterocycles. The number of amides is 2. The molecule has 0 unspecified atom stereocenters. The molecule has 23 heavy (non-hydrogen) atoms. The lowest BCUT2D eigenvalue weighted by Crippen LogP contribution is -2.68. The number of fused-ring (bicyclic) bond motifs is 1. The van der Waals surface area contributed by atoms with Gasteiger partial charge in [0.15, 0.2) is 0 Å². The first-order chi connectivity index (χ1) is 11.2. The molecule has 5 nitrogen and oxygen atoms in total. The number of urea groups is 1. The molecule has 0 spiro atoms. The molecular weight excluding hydrogens is 288 g/mol. The van der Waals surface area contributed by atoms with Gasteiger partial charge in [0.1, 0.15) is 0 Å². The molecule has 2 amide bonds. The van der Waals surface area contributed by atoms with Crippen LogP contribution in [0.1, 0.15) is 31.2 Å². The summed E-state index contributed by atoms with van der Waals surface area (Å²) in [5.74, 6) is 0.582. The molecule has 1 aromatic heterocycles. The highest BCUT2D eigenvalue weighted by molar-refractivity contribution is 5.90. The smallest absolute Gasteiger partial charge is 0.314 e. The molecule has 120 valence electrons. The van der Waals surface area contributed by atoms with E-state index >= 15 is 0 Å². The number of benzene rings is 1. The molecule has 0 radical (unpaired) electrons. The van der Waals surface area contributed by atoms with Gasteiger partial charge in [-0.15, -0.1) is 0 Å². The van der Waals surface area contributed by atoms with Gasteiger partial charge < -0.3 is 10.2 Å². The van der Waals surface area contributed by atoms with Crippen molar-refractivity contribution < 1.29 is 4.79 Å². The average Bonchev–Trinajstić information content (AvgIpc) is 2.94. The molecule has 2 fully saturated rings. The Morgan fingerprint density at radius 2 is 2.13 bits per heavy atom. The van der Waals surface area contributed by atoms with Crippen molar-refractivity contribution in [3.63, 3.8) is 0 Å². The fourth-order valence-corrected chi connectivity index (χ4v) is 4.30. The molecule has 0 bridgehead atoms. The van der Waals surface area contributed by atoms with E-state index in [-0.39, 0.29) is 11.6 Å². The molecule has 2 aromatic rings. The number of carbonyl (C=O) groups is 1. The number of anilines is 1. The highest BCUT2D eigenvalue weighted by Gasteiger charge is 2.57. The number of aromatic nitrogens is 2. The Morgan fingerprint density at radius 1 is 1.30 bits per heavy atom. The first-order valence-electron chi connectivity index (χ1n) is 8.33. The molecule has 1 aliphatic heterocycles. The first kappa shape index (κ1) is 14.3. The average molecular weight is 310 g/mol. The maximum absolute atomic E-state index is 12.8. The van der Waals surface area contributed by atoms with Crippen molar-refractivity contribution in [1.29, 1.82) is 0 Å². The minimum absolute atomic E-state index is 0.0139. The predicted octanol–water partition coefficient (Wildman–Crippen LogP) is 3.35. The van der Waals surface area contributed by atoms with Crippen molar-refractivity contribution in [2.45, 2.75) is 31.2 Å². The van der Waals surface area contributed by atoms with Gasteiger partial charge in [0.2, 0.25) is 0 Å². The van der Waals surface area contributed by atoms with E-state index in [0.29, 0.717) is 5.92 Å². The minimum atomic E-state index is -0.119. The topological polar surface area (TPSA) is 50.2 Å². The van der Waals surface area contributed by atoms with Crippen LogP contribution in [0.4, 0.5) is 10.5 Å². The van der Waals surface area contributed by atoms with E-state index in [1.54, 1.807) is 10.9 Å². The van der Waals surface area contributed by atoms with Crippen LogP contribution in [0.3, 0.4) is 0 Å². The number of rotatable bonds is 2. The third-order valence-electron chi connectivity index (χ3n) is 5.40. The number of carbonyl (C=O) groups excluding carboxylic acids is 1. The van der Waals surface area contributed by atoms with Crippen LogP contribution in [-0.2, 0) is 12.6 Å². The highest BCUT2D eigenvalue weighted by atomic mass is 16.2. The number of likely N-dealkylation sites (tertiary alicyclic amines) is 1. The van der Waals surface area contributed by atoms with Crippen molar-refractivity contribution in [3.05, 3.63) is 48.3 Å². The molecule has 5 heteroatoms. The quantitative estimate of drug-likeness (QED) is 0.924. The van der Waals surface area contributed by atoms with Crippen LogP contribution >= 0.6 is 0 Å². The molecule has 4 rings (SSSR count). The second-order valence-electron chi connectivity index (χ2n) is 6.68. The standard InChI is InChI=1S/C18H22N4O/c1-21-13-16(11-19-21)20-17(23)22-12-15-9-5-6-10-18(15,22)14-7-3-2-4-8-14/h2-4,7-8,11,13,15H,5-6,9-10,12H2,1H3,(H,20,23)/t15-,18-/m1/s1. The molecule has 1 saturated heterocycles. The number of hydrogen-bond donors (Lipinski definition) is 1. The second-order valence-corrected chi connectivity index (χ2v) is 6.68. The summed E-state index contributed by atoms with van der Waals surface area (Å²) in [6.45, 7) is 0.848. The molecular formula is C18H22N4O. The lowest BCUT2D eigenvalue weighted by atomic mass is 9.62. The van der Waals surface area contributed by atoms with E-state index in [9.17, 15) is 4.79 Å². The fourth-order valence-electron chi connectivity index (χ4n) is 4.30. The van der Waals surface area contributed by atoms with Gasteiger partial charge in [-0.1, -0.05) is 43.2 Å². The van der Waals surface area contributed by atoms with Gasteiger partial charge in [-0.25, -0.2) is 4.79 Å².